The number of likely N-dealkylation sites (tertiary alicyclic amines) is 1. The van der Waals surface area contributed by atoms with Crippen molar-refractivity contribution in [1.29, 1.82) is 0 Å². The molecule has 0 saturated carbocycles. The summed E-state index contributed by atoms with van der Waals surface area (Å²) in [6.07, 6.45) is 2.17. The molecular weight excluding hydrogens is 317 g/mol. The fourth-order valence-corrected chi connectivity index (χ4v) is 3.72. The Kier molecular flexibility index (Phi) is 4.89. The number of halogens is 1. The molecule has 23 heavy (non-hydrogen) atoms. The van der Waals surface area contributed by atoms with E-state index in [1.54, 1.807) is 13.2 Å². The summed E-state index contributed by atoms with van der Waals surface area (Å²) in [6, 6.07) is 4.20. The van der Waals surface area contributed by atoms with Crippen molar-refractivity contribution < 1.29 is 13.9 Å². The molecule has 1 aliphatic rings. The number of carbonyl (C=O) groups is 1. The maximum Gasteiger partial charge on any atom is 0.243 e. The van der Waals surface area contributed by atoms with E-state index < -0.39 is 0 Å². The Hall–Kier alpha value is -1.57. The Bertz CT molecular complexity index is 698. The zero-order valence-electron chi connectivity index (χ0n) is 13.2. The molecule has 0 spiro atoms. The van der Waals surface area contributed by atoms with Gasteiger partial charge in [0.1, 0.15) is 5.82 Å². The van der Waals surface area contributed by atoms with Gasteiger partial charge in [-0.1, -0.05) is 11.3 Å². The maximum atomic E-state index is 13.2. The molecule has 7 heteroatoms. The van der Waals surface area contributed by atoms with Gasteiger partial charge in [0.25, 0.3) is 0 Å². The minimum Gasteiger partial charge on any atom is -0.381 e. The molecule has 1 aromatic heterocycles. The highest BCUT2D eigenvalue weighted by atomic mass is 32.1. The van der Waals surface area contributed by atoms with Gasteiger partial charge in [-0.05, 0) is 38.0 Å². The number of carbonyl (C=O) groups excluding carboxylic acids is 1. The first-order valence-electron chi connectivity index (χ1n) is 7.70. The number of nitrogens with one attached hydrogen (secondary N) is 1. The van der Waals surface area contributed by atoms with E-state index in [1.165, 1.54) is 23.5 Å². The summed E-state index contributed by atoms with van der Waals surface area (Å²) in [5.74, 6) is -0.381. The number of hydrogen-bond donors (Lipinski definition) is 1. The van der Waals surface area contributed by atoms with Crippen LogP contribution in [-0.4, -0.2) is 48.1 Å². The molecule has 124 valence electrons. The second-order valence-electron chi connectivity index (χ2n) is 5.77. The van der Waals surface area contributed by atoms with Crippen LogP contribution in [0.3, 0.4) is 0 Å². The van der Waals surface area contributed by atoms with E-state index in [-0.39, 0.29) is 17.8 Å². The molecule has 3 rings (SSSR count). The predicted octanol–water partition coefficient (Wildman–Crippen LogP) is 2.87. The van der Waals surface area contributed by atoms with E-state index in [4.69, 9.17) is 4.74 Å². The number of anilines is 1. The van der Waals surface area contributed by atoms with Gasteiger partial charge >= 0.3 is 0 Å². The van der Waals surface area contributed by atoms with Crippen LogP contribution in [-0.2, 0) is 9.53 Å². The normalized spacial score (nSPS) is 18.2. The zero-order valence-corrected chi connectivity index (χ0v) is 14.0. The van der Waals surface area contributed by atoms with Crippen LogP contribution >= 0.6 is 11.3 Å². The highest BCUT2D eigenvalue weighted by molar-refractivity contribution is 7.22. The van der Waals surface area contributed by atoms with Gasteiger partial charge in [0.15, 0.2) is 5.13 Å². The molecule has 5 nitrogen and oxygen atoms in total. The summed E-state index contributed by atoms with van der Waals surface area (Å²) in [4.78, 5) is 18.9. The Morgan fingerprint density at radius 1 is 1.48 bits per heavy atom. The largest absolute Gasteiger partial charge is 0.381 e. The quantitative estimate of drug-likeness (QED) is 0.932. The fraction of sp³-hybridized carbons (Fsp3) is 0.500. The van der Waals surface area contributed by atoms with Gasteiger partial charge in [-0.3, -0.25) is 9.69 Å². The van der Waals surface area contributed by atoms with Crippen LogP contribution in [0.4, 0.5) is 9.52 Å². The summed E-state index contributed by atoms with van der Waals surface area (Å²) >= 11 is 1.29. The monoisotopic (exact) mass is 337 g/mol. The van der Waals surface area contributed by atoms with Crippen LogP contribution in [0.15, 0.2) is 18.2 Å². The molecule has 1 aromatic carbocycles. The first-order chi connectivity index (χ1) is 11.1. The van der Waals surface area contributed by atoms with Crippen molar-refractivity contribution in [3.8, 4) is 0 Å². The summed E-state index contributed by atoms with van der Waals surface area (Å²) in [7, 11) is 1.73. The van der Waals surface area contributed by atoms with Gasteiger partial charge in [-0.25, -0.2) is 9.37 Å². The standard InChI is InChI=1S/C16H20FN3O2S/c1-10(20-7-5-12(22-2)6-8-20)15(21)19-16-18-13-4-3-11(17)9-14(13)23-16/h3-4,9-10,12H,5-8H2,1-2H3,(H,18,19,21). The van der Waals surface area contributed by atoms with Crippen molar-refractivity contribution >= 4 is 32.6 Å². The Balaban J connectivity index is 1.63. The van der Waals surface area contributed by atoms with Gasteiger partial charge in [0.2, 0.25) is 5.91 Å². The number of hydrogen-bond acceptors (Lipinski definition) is 5. The number of aromatic nitrogens is 1. The molecule has 0 radical (unpaired) electrons. The second-order valence-corrected chi connectivity index (χ2v) is 6.80. The van der Waals surface area contributed by atoms with E-state index in [2.05, 4.69) is 15.2 Å². The van der Waals surface area contributed by atoms with Crippen molar-refractivity contribution in [2.75, 3.05) is 25.5 Å². The minimum atomic E-state index is -0.298. The highest BCUT2D eigenvalue weighted by Crippen LogP contribution is 2.27. The average molecular weight is 337 g/mol. The smallest absolute Gasteiger partial charge is 0.243 e. The number of thiazole rings is 1. The number of benzene rings is 1. The van der Waals surface area contributed by atoms with Crippen molar-refractivity contribution in [1.82, 2.24) is 9.88 Å². The van der Waals surface area contributed by atoms with Gasteiger partial charge in [-0.15, -0.1) is 0 Å². The fourth-order valence-electron chi connectivity index (χ4n) is 2.83. The molecule has 1 aliphatic heterocycles. The lowest BCUT2D eigenvalue weighted by molar-refractivity contribution is -0.121. The molecule has 1 fully saturated rings. The molecule has 2 aromatic rings. The number of rotatable bonds is 4. The zero-order chi connectivity index (χ0) is 16.4. The van der Waals surface area contributed by atoms with E-state index in [0.29, 0.717) is 16.8 Å². The molecule has 2 heterocycles. The summed E-state index contributed by atoms with van der Waals surface area (Å²) in [5.41, 5.74) is 0.695. The lowest BCUT2D eigenvalue weighted by Crippen LogP contribution is -2.47. The SMILES string of the molecule is COC1CCN(C(C)C(=O)Nc2nc3ccc(F)cc3s2)CC1. The van der Waals surface area contributed by atoms with Gasteiger partial charge in [0, 0.05) is 20.2 Å². The van der Waals surface area contributed by atoms with Crippen LogP contribution in [0.25, 0.3) is 10.2 Å². The van der Waals surface area contributed by atoms with Gasteiger partial charge in [-0.2, -0.15) is 0 Å². The lowest BCUT2D eigenvalue weighted by Gasteiger charge is -2.34. The molecule has 0 bridgehead atoms. The third-order valence-electron chi connectivity index (χ3n) is 4.32. The molecule has 1 amide bonds. The van der Waals surface area contributed by atoms with Crippen LogP contribution in [0.5, 0.6) is 0 Å². The van der Waals surface area contributed by atoms with E-state index in [9.17, 15) is 9.18 Å². The molecule has 1 atom stereocenters. The number of amides is 1. The third-order valence-corrected chi connectivity index (χ3v) is 5.25. The first-order valence-corrected chi connectivity index (χ1v) is 8.52. The molecule has 1 N–H and O–H groups in total. The van der Waals surface area contributed by atoms with Crippen molar-refractivity contribution in [3.63, 3.8) is 0 Å². The van der Waals surface area contributed by atoms with Crippen LogP contribution < -0.4 is 5.32 Å². The van der Waals surface area contributed by atoms with Crippen molar-refractivity contribution in [3.05, 3.63) is 24.0 Å². The number of piperidine rings is 1. The van der Waals surface area contributed by atoms with Gasteiger partial charge < -0.3 is 10.1 Å². The number of fused-ring (bicyclic) bond motifs is 1. The molecule has 1 unspecified atom stereocenters. The topological polar surface area (TPSA) is 54.5 Å². The Morgan fingerprint density at radius 3 is 2.91 bits per heavy atom. The van der Waals surface area contributed by atoms with Crippen molar-refractivity contribution in [2.24, 2.45) is 0 Å². The van der Waals surface area contributed by atoms with Crippen LogP contribution in [0, 0.1) is 5.82 Å². The Labute approximate surface area is 138 Å². The average Bonchev–Trinajstić information content (AvgIpc) is 2.95. The van der Waals surface area contributed by atoms with Gasteiger partial charge in [0.05, 0.1) is 22.4 Å². The summed E-state index contributed by atoms with van der Waals surface area (Å²) in [5, 5.41) is 3.35. The number of methoxy groups -OCH3 is 1. The van der Waals surface area contributed by atoms with Crippen LogP contribution in [0.2, 0.25) is 0 Å². The number of nitrogens with zero attached hydrogens (tertiary/aromatic N) is 2. The van der Waals surface area contributed by atoms with E-state index in [0.717, 1.165) is 30.6 Å². The van der Waals surface area contributed by atoms with Crippen LogP contribution in [0.1, 0.15) is 19.8 Å². The predicted molar refractivity (Wildman–Crippen MR) is 89.3 cm³/mol. The van der Waals surface area contributed by atoms with E-state index in [1.807, 2.05) is 6.92 Å². The lowest BCUT2D eigenvalue weighted by atomic mass is 10.1. The van der Waals surface area contributed by atoms with E-state index >= 15 is 0 Å². The molecule has 1 saturated heterocycles. The summed E-state index contributed by atoms with van der Waals surface area (Å²) in [6.45, 7) is 3.59. The third kappa shape index (κ3) is 3.68. The highest BCUT2D eigenvalue weighted by Gasteiger charge is 2.27. The number of ether oxygens (including phenoxy) is 1. The second kappa shape index (κ2) is 6.90. The molecular formula is C16H20FN3O2S. The Morgan fingerprint density at radius 2 is 2.22 bits per heavy atom. The first kappa shape index (κ1) is 16.3. The van der Waals surface area contributed by atoms with Crippen molar-refractivity contribution in [2.45, 2.75) is 31.9 Å². The molecule has 0 aliphatic carbocycles. The summed E-state index contributed by atoms with van der Waals surface area (Å²) < 4.78 is 19.3. The maximum absolute atomic E-state index is 13.2. The minimum absolute atomic E-state index is 0.0830.